The van der Waals surface area contributed by atoms with Crippen LogP contribution in [0, 0.1) is 19.3 Å². The first-order valence-electron chi connectivity index (χ1n) is 14.8. The van der Waals surface area contributed by atoms with Crippen LogP contribution in [0.25, 0.3) is 0 Å². The molecule has 8 heteroatoms. The number of aryl methyl sites for hydroxylation is 1. The van der Waals surface area contributed by atoms with E-state index in [9.17, 15) is 9.59 Å². The van der Waals surface area contributed by atoms with E-state index in [-0.39, 0.29) is 5.41 Å². The van der Waals surface area contributed by atoms with Crippen LogP contribution in [-0.4, -0.2) is 54.1 Å². The van der Waals surface area contributed by atoms with E-state index in [1.165, 1.54) is 57.9 Å². The molecule has 1 saturated carbocycles. The lowest BCUT2D eigenvalue weighted by atomic mass is 9.69. The maximum atomic E-state index is 11.6. The van der Waals surface area contributed by atoms with Crippen LogP contribution in [-0.2, 0) is 9.59 Å². The zero-order chi connectivity index (χ0) is 28.5. The molecule has 4 rings (SSSR count). The van der Waals surface area contributed by atoms with Crippen LogP contribution in [0.1, 0.15) is 82.8 Å². The molecule has 1 aliphatic carbocycles. The largest absolute Gasteiger partial charge is 0.493 e. The van der Waals surface area contributed by atoms with E-state index in [1.54, 1.807) is 19.1 Å². The van der Waals surface area contributed by atoms with Crippen molar-refractivity contribution in [1.82, 2.24) is 9.88 Å². The van der Waals surface area contributed by atoms with Crippen LogP contribution in [0.4, 0.5) is 5.82 Å². The average molecular weight is 552 g/mol. The predicted octanol–water partition coefficient (Wildman–Crippen LogP) is 6.24. The van der Waals surface area contributed by atoms with Gasteiger partial charge in [-0.15, -0.1) is 0 Å². The molecule has 1 aromatic heterocycles. The SMILES string of the molecule is CC(=O)Oc1cc(OCCC2(CCN3CCC(Nc4ccc(C)cn4)CC3)CCCCC2)cc(OC(C)=O)c1C. The third kappa shape index (κ3) is 8.68. The number of esters is 2. The van der Waals surface area contributed by atoms with Gasteiger partial charge in [0.2, 0.25) is 0 Å². The van der Waals surface area contributed by atoms with Crippen molar-refractivity contribution < 1.29 is 23.8 Å². The number of anilines is 1. The topological polar surface area (TPSA) is 90.0 Å². The summed E-state index contributed by atoms with van der Waals surface area (Å²) >= 11 is 0. The molecule has 0 amide bonds. The van der Waals surface area contributed by atoms with Gasteiger partial charge in [-0.2, -0.15) is 0 Å². The fourth-order valence-electron chi connectivity index (χ4n) is 6.01. The molecular weight excluding hydrogens is 506 g/mol. The van der Waals surface area contributed by atoms with Gasteiger partial charge in [-0.1, -0.05) is 25.3 Å². The van der Waals surface area contributed by atoms with Crippen LogP contribution in [0.15, 0.2) is 30.5 Å². The summed E-state index contributed by atoms with van der Waals surface area (Å²) in [5, 5.41) is 3.61. The molecule has 2 heterocycles. The number of nitrogens with one attached hydrogen (secondary N) is 1. The van der Waals surface area contributed by atoms with Crippen molar-refractivity contribution in [3.63, 3.8) is 0 Å². The number of nitrogens with zero attached hydrogens (tertiary/aromatic N) is 2. The molecule has 0 spiro atoms. The van der Waals surface area contributed by atoms with Crippen molar-refractivity contribution in [2.75, 3.05) is 31.6 Å². The Morgan fingerprint density at radius 1 is 0.975 bits per heavy atom. The van der Waals surface area contributed by atoms with E-state index < -0.39 is 11.9 Å². The van der Waals surface area contributed by atoms with Crippen molar-refractivity contribution in [2.24, 2.45) is 5.41 Å². The lowest BCUT2D eigenvalue weighted by Crippen LogP contribution is -2.41. The molecule has 1 aliphatic heterocycles. The molecular formula is C32H45N3O5. The lowest BCUT2D eigenvalue weighted by molar-refractivity contribution is -0.132. The number of carbonyl (C=O) groups excluding carboxylic acids is 2. The van der Waals surface area contributed by atoms with Gasteiger partial charge in [-0.3, -0.25) is 9.59 Å². The number of ether oxygens (including phenoxy) is 3. The zero-order valence-electron chi connectivity index (χ0n) is 24.6. The summed E-state index contributed by atoms with van der Waals surface area (Å²) in [6.45, 7) is 10.4. The maximum Gasteiger partial charge on any atom is 0.308 e. The number of aromatic nitrogens is 1. The van der Waals surface area contributed by atoms with Gasteiger partial charge in [0.1, 0.15) is 23.1 Å². The normalized spacial score (nSPS) is 17.7. The van der Waals surface area contributed by atoms with E-state index in [4.69, 9.17) is 14.2 Å². The van der Waals surface area contributed by atoms with Crippen LogP contribution in [0.3, 0.4) is 0 Å². The van der Waals surface area contributed by atoms with Crippen molar-refractivity contribution in [1.29, 1.82) is 0 Å². The summed E-state index contributed by atoms with van der Waals surface area (Å²) in [6.07, 6.45) is 12.7. The smallest absolute Gasteiger partial charge is 0.308 e. The predicted molar refractivity (Wildman–Crippen MR) is 156 cm³/mol. The Hall–Kier alpha value is -3.13. The molecule has 8 nitrogen and oxygen atoms in total. The fourth-order valence-corrected chi connectivity index (χ4v) is 6.01. The summed E-state index contributed by atoms with van der Waals surface area (Å²) in [4.78, 5) is 30.3. The minimum Gasteiger partial charge on any atom is -0.493 e. The summed E-state index contributed by atoms with van der Waals surface area (Å²) in [5.74, 6) is 1.36. The first-order valence-corrected chi connectivity index (χ1v) is 14.8. The highest BCUT2D eigenvalue weighted by atomic mass is 16.5. The number of hydrogen-bond acceptors (Lipinski definition) is 8. The summed E-state index contributed by atoms with van der Waals surface area (Å²) in [7, 11) is 0. The van der Waals surface area contributed by atoms with Gasteiger partial charge in [0.05, 0.1) is 6.61 Å². The van der Waals surface area contributed by atoms with Gasteiger partial charge in [-0.25, -0.2) is 4.98 Å². The van der Waals surface area contributed by atoms with Gasteiger partial charge in [0, 0.05) is 56.9 Å². The van der Waals surface area contributed by atoms with Gasteiger partial charge in [0.25, 0.3) is 0 Å². The van der Waals surface area contributed by atoms with Gasteiger partial charge in [0.15, 0.2) is 0 Å². The zero-order valence-corrected chi connectivity index (χ0v) is 24.6. The Bertz CT molecular complexity index is 1100. The van der Waals surface area contributed by atoms with Crippen molar-refractivity contribution in [2.45, 2.75) is 91.5 Å². The molecule has 0 radical (unpaired) electrons. The molecule has 0 unspecified atom stereocenters. The van der Waals surface area contributed by atoms with E-state index in [2.05, 4.69) is 34.3 Å². The highest BCUT2D eigenvalue weighted by Crippen LogP contribution is 2.43. The number of benzene rings is 1. The molecule has 40 heavy (non-hydrogen) atoms. The Morgan fingerprint density at radius 2 is 1.62 bits per heavy atom. The lowest BCUT2D eigenvalue weighted by Gasteiger charge is -2.40. The second kappa shape index (κ2) is 14.0. The molecule has 1 N–H and O–H groups in total. The number of pyridine rings is 1. The first kappa shape index (κ1) is 29.8. The van der Waals surface area contributed by atoms with E-state index in [0.29, 0.717) is 35.5 Å². The quantitative estimate of drug-likeness (QED) is 0.259. The summed E-state index contributed by atoms with van der Waals surface area (Å²) < 4.78 is 16.9. The van der Waals surface area contributed by atoms with Crippen LogP contribution < -0.4 is 19.5 Å². The number of likely N-dealkylation sites (tertiary alicyclic amines) is 1. The molecule has 1 saturated heterocycles. The third-order valence-corrected chi connectivity index (χ3v) is 8.42. The molecule has 2 aromatic rings. The fraction of sp³-hybridized carbons (Fsp3) is 0.594. The van der Waals surface area contributed by atoms with Gasteiger partial charge in [-0.05, 0) is 76.0 Å². The Kier molecular flexibility index (Phi) is 10.4. The standard InChI is InChI=1S/C32H45N3O5/c1-23-8-9-31(33-22-23)34-27-10-16-35(17-11-27)18-14-32(12-6-5-7-13-32)15-19-38-28-20-29(39-25(3)36)24(2)30(21-28)40-26(4)37/h8-9,20-22,27H,5-7,10-19H2,1-4H3,(H,33,34). The first-order chi connectivity index (χ1) is 19.2. The van der Waals surface area contributed by atoms with Crippen molar-refractivity contribution >= 4 is 17.8 Å². The van der Waals surface area contributed by atoms with Crippen LogP contribution in [0.5, 0.6) is 17.2 Å². The van der Waals surface area contributed by atoms with E-state index in [0.717, 1.165) is 44.7 Å². The summed E-state index contributed by atoms with van der Waals surface area (Å²) in [5.41, 5.74) is 2.05. The molecule has 218 valence electrons. The van der Waals surface area contributed by atoms with Crippen molar-refractivity contribution in [3.8, 4) is 17.2 Å². The number of rotatable bonds is 11. The highest BCUT2D eigenvalue weighted by Gasteiger charge is 2.33. The average Bonchev–Trinajstić information content (AvgIpc) is 2.92. The maximum absolute atomic E-state index is 11.6. The minimum atomic E-state index is -0.429. The monoisotopic (exact) mass is 551 g/mol. The van der Waals surface area contributed by atoms with Crippen LogP contribution >= 0.6 is 0 Å². The van der Waals surface area contributed by atoms with Gasteiger partial charge >= 0.3 is 11.9 Å². The Balaban J connectivity index is 1.30. The van der Waals surface area contributed by atoms with Crippen molar-refractivity contribution in [3.05, 3.63) is 41.6 Å². The number of carbonyl (C=O) groups is 2. The second-order valence-corrected chi connectivity index (χ2v) is 11.6. The highest BCUT2D eigenvalue weighted by molar-refractivity contribution is 5.73. The number of piperidine rings is 1. The molecule has 2 fully saturated rings. The Labute approximate surface area is 238 Å². The molecule has 0 bridgehead atoms. The number of hydrogen-bond donors (Lipinski definition) is 1. The van der Waals surface area contributed by atoms with Crippen LogP contribution in [0.2, 0.25) is 0 Å². The molecule has 2 aliphatic rings. The molecule has 0 atom stereocenters. The van der Waals surface area contributed by atoms with E-state index >= 15 is 0 Å². The third-order valence-electron chi connectivity index (χ3n) is 8.42. The second-order valence-electron chi connectivity index (χ2n) is 11.6. The Morgan fingerprint density at radius 3 is 2.20 bits per heavy atom. The summed E-state index contributed by atoms with van der Waals surface area (Å²) in [6, 6.07) is 8.07. The minimum absolute atomic E-state index is 0.279. The molecule has 1 aromatic carbocycles. The van der Waals surface area contributed by atoms with E-state index in [1.807, 2.05) is 6.20 Å². The van der Waals surface area contributed by atoms with Gasteiger partial charge < -0.3 is 24.4 Å².